The van der Waals surface area contributed by atoms with E-state index < -0.39 is 0 Å². The Labute approximate surface area is 118 Å². The van der Waals surface area contributed by atoms with Crippen molar-refractivity contribution in [3.05, 3.63) is 56.7 Å². The van der Waals surface area contributed by atoms with Gasteiger partial charge in [-0.05, 0) is 36.0 Å². The quantitative estimate of drug-likeness (QED) is 0.839. The predicted octanol–water partition coefficient (Wildman–Crippen LogP) is 4.66. The van der Waals surface area contributed by atoms with Crippen LogP contribution in [0.15, 0.2) is 35.7 Å². The van der Waals surface area contributed by atoms with Crippen molar-refractivity contribution in [3.63, 3.8) is 0 Å². The number of hydrogen-bond acceptors (Lipinski definition) is 2. The third-order valence-corrected chi connectivity index (χ3v) is 4.44. The summed E-state index contributed by atoms with van der Waals surface area (Å²) < 4.78 is 0. The zero-order chi connectivity index (χ0) is 13.0. The number of thiophene rings is 1. The molecule has 0 radical (unpaired) electrons. The molecular weight excluding hydrogens is 262 g/mol. The largest absolute Gasteiger partial charge is 0.309 e. The van der Waals surface area contributed by atoms with E-state index in [-0.39, 0.29) is 6.04 Å². The van der Waals surface area contributed by atoms with Gasteiger partial charge in [0.2, 0.25) is 0 Å². The number of benzene rings is 1. The predicted molar refractivity (Wildman–Crippen MR) is 80.7 cm³/mol. The molecular formula is C15H18ClNS. The van der Waals surface area contributed by atoms with Gasteiger partial charge in [0, 0.05) is 4.88 Å². The summed E-state index contributed by atoms with van der Waals surface area (Å²) in [7, 11) is 1.98. The molecule has 1 nitrogen and oxygen atoms in total. The van der Waals surface area contributed by atoms with Crippen molar-refractivity contribution >= 4 is 22.9 Å². The van der Waals surface area contributed by atoms with Gasteiger partial charge in [0.25, 0.3) is 0 Å². The first-order chi connectivity index (χ1) is 8.76. The molecule has 0 spiro atoms. The molecule has 0 aliphatic heterocycles. The lowest BCUT2D eigenvalue weighted by molar-refractivity contribution is 0.702. The Morgan fingerprint density at radius 2 is 2.17 bits per heavy atom. The zero-order valence-corrected chi connectivity index (χ0v) is 12.3. The fourth-order valence-electron chi connectivity index (χ4n) is 2.18. The molecule has 1 aromatic carbocycles. The highest BCUT2D eigenvalue weighted by Crippen LogP contribution is 2.32. The molecule has 1 heterocycles. The van der Waals surface area contributed by atoms with Crippen LogP contribution in [-0.2, 0) is 6.42 Å². The monoisotopic (exact) mass is 279 g/mol. The lowest BCUT2D eigenvalue weighted by Gasteiger charge is -2.16. The minimum atomic E-state index is 0.189. The third kappa shape index (κ3) is 2.94. The molecule has 2 aromatic rings. The van der Waals surface area contributed by atoms with Gasteiger partial charge in [0.15, 0.2) is 0 Å². The van der Waals surface area contributed by atoms with Crippen molar-refractivity contribution < 1.29 is 0 Å². The van der Waals surface area contributed by atoms with Crippen molar-refractivity contribution in [2.75, 3.05) is 7.05 Å². The van der Waals surface area contributed by atoms with Crippen LogP contribution >= 0.6 is 22.9 Å². The van der Waals surface area contributed by atoms with E-state index in [0.717, 1.165) is 11.4 Å². The van der Waals surface area contributed by atoms with Gasteiger partial charge < -0.3 is 5.32 Å². The Morgan fingerprint density at radius 1 is 1.33 bits per heavy atom. The van der Waals surface area contributed by atoms with E-state index in [0.29, 0.717) is 0 Å². The highest BCUT2D eigenvalue weighted by atomic mass is 35.5. The molecule has 0 bridgehead atoms. The van der Waals surface area contributed by atoms with E-state index in [2.05, 4.69) is 36.5 Å². The summed E-state index contributed by atoms with van der Waals surface area (Å²) in [6.45, 7) is 2.21. The molecule has 18 heavy (non-hydrogen) atoms. The normalized spacial score (nSPS) is 12.6. The van der Waals surface area contributed by atoms with Crippen LogP contribution in [0.1, 0.15) is 35.4 Å². The first-order valence-corrected chi connectivity index (χ1v) is 7.51. The van der Waals surface area contributed by atoms with Crippen LogP contribution < -0.4 is 5.32 Å². The first-order valence-electron chi connectivity index (χ1n) is 6.25. The molecule has 1 unspecified atom stereocenters. The molecule has 2 rings (SSSR count). The first kappa shape index (κ1) is 13.6. The second kappa shape index (κ2) is 6.37. The number of hydrogen-bond donors (Lipinski definition) is 1. The smallest absolute Gasteiger partial charge is 0.0683 e. The summed E-state index contributed by atoms with van der Waals surface area (Å²) in [5.74, 6) is 0. The Bertz CT molecular complexity index is 507. The minimum Gasteiger partial charge on any atom is -0.309 e. The van der Waals surface area contributed by atoms with Gasteiger partial charge >= 0.3 is 0 Å². The standard InChI is InChI=1S/C15H18ClNS/c1-3-5-11-6-4-7-12(10-11)14(17-2)15-13(16)8-9-18-15/h4,6-10,14,17H,3,5H2,1-2H3. The topological polar surface area (TPSA) is 12.0 Å². The lowest BCUT2D eigenvalue weighted by Crippen LogP contribution is -2.17. The van der Waals surface area contributed by atoms with E-state index >= 15 is 0 Å². The average molecular weight is 280 g/mol. The van der Waals surface area contributed by atoms with Crippen LogP contribution in [0.25, 0.3) is 0 Å². The Balaban J connectivity index is 2.33. The second-order valence-electron chi connectivity index (χ2n) is 4.35. The number of aryl methyl sites for hydroxylation is 1. The number of nitrogens with one attached hydrogen (secondary N) is 1. The van der Waals surface area contributed by atoms with Crippen LogP contribution in [-0.4, -0.2) is 7.05 Å². The van der Waals surface area contributed by atoms with Crippen LogP contribution in [0, 0.1) is 0 Å². The van der Waals surface area contributed by atoms with E-state index in [1.807, 2.05) is 18.5 Å². The van der Waals surface area contributed by atoms with Crippen molar-refractivity contribution in [2.45, 2.75) is 25.8 Å². The summed E-state index contributed by atoms with van der Waals surface area (Å²) in [4.78, 5) is 1.19. The van der Waals surface area contributed by atoms with Gasteiger partial charge in [-0.2, -0.15) is 0 Å². The van der Waals surface area contributed by atoms with Crippen molar-refractivity contribution in [2.24, 2.45) is 0 Å². The van der Waals surface area contributed by atoms with Crippen molar-refractivity contribution in [1.29, 1.82) is 0 Å². The summed E-state index contributed by atoms with van der Waals surface area (Å²) >= 11 is 7.94. The molecule has 0 fully saturated rings. The summed E-state index contributed by atoms with van der Waals surface area (Å²) in [5, 5.41) is 6.24. The molecule has 1 aromatic heterocycles. The molecule has 1 N–H and O–H groups in total. The van der Waals surface area contributed by atoms with E-state index in [4.69, 9.17) is 11.6 Å². The summed E-state index contributed by atoms with van der Waals surface area (Å²) in [6, 6.07) is 10.9. The molecule has 3 heteroatoms. The van der Waals surface area contributed by atoms with Gasteiger partial charge in [-0.3, -0.25) is 0 Å². The van der Waals surface area contributed by atoms with Crippen LogP contribution in [0.5, 0.6) is 0 Å². The van der Waals surface area contributed by atoms with Gasteiger partial charge in [-0.1, -0.05) is 49.2 Å². The van der Waals surface area contributed by atoms with Crippen molar-refractivity contribution in [3.8, 4) is 0 Å². The lowest BCUT2D eigenvalue weighted by atomic mass is 10.0. The van der Waals surface area contributed by atoms with E-state index in [1.54, 1.807) is 11.3 Å². The van der Waals surface area contributed by atoms with Gasteiger partial charge in [0.1, 0.15) is 0 Å². The van der Waals surface area contributed by atoms with Gasteiger partial charge in [-0.25, -0.2) is 0 Å². The second-order valence-corrected chi connectivity index (χ2v) is 5.70. The maximum Gasteiger partial charge on any atom is 0.0683 e. The maximum atomic E-state index is 6.23. The summed E-state index contributed by atoms with van der Waals surface area (Å²) in [6.07, 6.45) is 2.30. The van der Waals surface area contributed by atoms with Crippen LogP contribution in [0.2, 0.25) is 5.02 Å². The fourth-order valence-corrected chi connectivity index (χ4v) is 3.48. The minimum absolute atomic E-state index is 0.189. The molecule has 0 amide bonds. The van der Waals surface area contributed by atoms with Crippen LogP contribution in [0.4, 0.5) is 0 Å². The fraction of sp³-hybridized carbons (Fsp3) is 0.333. The Kier molecular flexibility index (Phi) is 4.81. The highest BCUT2D eigenvalue weighted by molar-refractivity contribution is 7.10. The molecule has 0 saturated heterocycles. The van der Waals surface area contributed by atoms with E-state index in [1.165, 1.54) is 22.4 Å². The zero-order valence-electron chi connectivity index (χ0n) is 10.7. The number of halogens is 1. The Hall–Kier alpha value is -0.830. The maximum absolute atomic E-state index is 6.23. The molecule has 96 valence electrons. The Morgan fingerprint density at radius 3 is 2.78 bits per heavy atom. The van der Waals surface area contributed by atoms with Gasteiger partial charge in [0.05, 0.1) is 11.1 Å². The molecule has 0 aliphatic rings. The highest BCUT2D eigenvalue weighted by Gasteiger charge is 2.16. The van der Waals surface area contributed by atoms with E-state index in [9.17, 15) is 0 Å². The number of rotatable bonds is 5. The average Bonchev–Trinajstić information content (AvgIpc) is 2.78. The van der Waals surface area contributed by atoms with Crippen molar-refractivity contribution in [1.82, 2.24) is 5.32 Å². The molecule has 0 aliphatic carbocycles. The molecule has 0 saturated carbocycles. The molecule has 1 atom stereocenters. The van der Waals surface area contributed by atoms with Crippen LogP contribution in [0.3, 0.4) is 0 Å². The third-order valence-electron chi connectivity index (χ3n) is 3.02. The SMILES string of the molecule is CCCc1cccc(C(NC)c2sccc2Cl)c1. The summed E-state index contributed by atoms with van der Waals surface area (Å²) in [5.41, 5.74) is 2.68. The van der Waals surface area contributed by atoms with Gasteiger partial charge in [-0.15, -0.1) is 11.3 Å².